The first-order valence-electron chi connectivity index (χ1n) is 12.5. The molecule has 1 aromatic heterocycles. The van der Waals surface area contributed by atoms with Crippen molar-refractivity contribution in [2.45, 2.75) is 38.6 Å². The second kappa shape index (κ2) is 12.2. The number of carbonyl (C=O) groups excluding carboxylic acids is 1. The number of aryl methyl sites for hydroxylation is 1. The third-order valence-corrected chi connectivity index (χ3v) is 8.24. The summed E-state index contributed by atoms with van der Waals surface area (Å²) in [7, 11) is -4.14. The highest BCUT2D eigenvalue weighted by atomic mass is 35.5. The number of anilines is 1. The molecule has 2 heterocycles. The van der Waals surface area contributed by atoms with Crippen LogP contribution in [0, 0.1) is 12.3 Å². The third kappa shape index (κ3) is 6.72. The Labute approximate surface area is 238 Å². The molecule has 1 amide bonds. The predicted molar refractivity (Wildman–Crippen MR) is 155 cm³/mol. The van der Waals surface area contributed by atoms with Crippen LogP contribution in [0.3, 0.4) is 0 Å². The Morgan fingerprint density at radius 1 is 1.18 bits per heavy atom. The largest absolute Gasteiger partial charge is 0.480 e. The average Bonchev–Trinajstić information content (AvgIpc) is 3.56. The lowest BCUT2D eigenvalue weighted by molar-refractivity contribution is -0.135. The van der Waals surface area contributed by atoms with Gasteiger partial charge in [0.2, 0.25) is 15.9 Å². The van der Waals surface area contributed by atoms with Gasteiger partial charge in [-0.1, -0.05) is 6.07 Å². The van der Waals surface area contributed by atoms with Gasteiger partial charge in [-0.25, -0.2) is 18.1 Å². The first kappa shape index (κ1) is 30.9. The minimum absolute atomic E-state index is 0. The Morgan fingerprint density at radius 2 is 1.82 bits per heavy atom. The molecule has 2 aromatic carbocycles. The molecular weight excluding hydrogens is 558 g/mol. The fraction of sp³-hybridized carbons (Fsp3) is 0.385. The van der Waals surface area contributed by atoms with E-state index in [-0.39, 0.29) is 30.7 Å². The van der Waals surface area contributed by atoms with Crippen molar-refractivity contribution in [3.8, 4) is 0 Å². The van der Waals surface area contributed by atoms with Crippen molar-refractivity contribution in [3.63, 3.8) is 0 Å². The molecule has 1 saturated heterocycles. The summed E-state index contributed by atoms with van der Waals surface area (Å²) in [6.07, 6.45) is 1.75. The van der Waals surface area contributed by atoms with Crippen molar-refractivity contribution >= 4 is 56.9 Å². The molecule has 0 spiro atoms. The van der Waals surface area contributed by atoms with Crippen LogP contribution in [0.15, 0.2) is 36.4 Å². The van der Waals surface area contributed by atoms with E-state index in [0.717, 1.165) is 29.6 Å². The van der Waals surface area contributed by atoms with Gasteiger partial charge in [0.25, 0.3) is 0 Å². The number of amides is 1. The quantitative estimate of drug-likeness (QED) is 0.144. The van der Waals surface area contributed by atoms with Crippen LogP contribution in [0.1, 0.15) is 42.3 Å². The van der Waals surface area contributed by atoms with E-state index in [9.17, 15) is 18.0 Å². The molecule has 0 bridgehead atoms. The van der Waals surface area contributed by atoms with Crippen LogP contribution in [0.5, 0.6) is 0 Å². The van der Waals surface area contributed by atoms with Gasteiger partial charge in [-0.2, -0.15) is 0 Å². The molecule has 1 aliphatic rings. The Bertz CT molecular complexity index is 1520. The first-order valence-corrected chi connectivity index (χ1v) is 14.2. The second-order valence-corrected chi connectivity index (χ2v) is 11.8. The van der Waals surface area contributed by atoms with Gasteiger partial charge in [0.1, 0.15) is 11.7 Å². The zero-order valence-corrected chi connectivity index (χ0v) is 23.9. The number of H-pyrrole nitrogens is 1. The molecule has 0 saturated carbocycles. The average molecular weight is 592 g/mol. The third-order valence-electron chi connectivity index (χ3n) is 7.03. The number of carbonyl (C=O) groups is 2. The van der Waals surface area contributed by atoms with E-state index in [1.807, 2.05) is 25.1 Å². The number of sulfonamides is 1. The summed E-state index contributed by atoms with van der Waals surface area (Å²) >= 11 is 0. The highest BCUT2D eigenvalue weighted by Crippen LogP contribution is 2.33. The van der Waals surface area contributed by atoms with Gasteiger partial charge in [-0.15, -0.1) is 12.4 Å². The summed E-state index contributed by atoms with van der Waals surface area (Å²) in [5.74, 6) is -2.11. The zero-order chi connectivity index (χ0) is 28.4. The number of imidazole rings is 1. The molecule has 1 aliphatic heterocycles. The number of aliphatic carboxylic acids is 1. The lowest BCUT2D eigenvalue weighted by atomic mass is 9.78. The van der Waals surface area contributed by atoms with Gasteiger partial charge in [-0.3, -0.25) is 15.0 Å². The van der Waals surface area contributed by atoms with Gasteiger partial charge >= 0.3 is 5.97 Å². The van der Waals surface area contributed by atoms with Crippen LogP contribution < -0.4 is 15.8 Å². The van der Waals surface area contributed by atoms with Crippen LogP contribution >= 0.6 is 12.4 Å². The van der Waals surface area contributed by atoms with Gasteiger partial charge < -0.3 is 26.0 Å². The summed E-state index contributed by atoms with van der Waals surface area (Å²) in [5.41, 5.74) is 8.47. The number of amidine groups is 1. The summed E-state index contributed by atoms with van der Waals surface area (Å²) < 4.78 is 27.0. The van der Waals surface area contributed by atoms with E-state index in [2.05, 4.69) is 15.0 Å². The maximum atomic E-state index is 13.7. The number of nitrogens with zero attached hydrogens (tertiary/aromatic N) is 2. The Balaban J connectivity index is 0.00000441. The fourth-order valence-corrected chi connectivity index (χ4v) is 5.86. The van der Waals surface area contributed by atoms with E-state index >= 15 is 0 Å². The maximum Gasteiger partial charge on any atom is 0.320 e. The molecule has 14 heteroatoms. The number of halogens is 1. The smallest absolute Gasteiger partial charge is 0.320 e. The standard InChI is InChI=1S/C26H33N7O5S.ClH/c1-16-19(26(2,25(36)33-11-3-4-12-33)15-30-39(37,38)14-22(34)35)9-10-20-23(16)32-21(31-20)13-29-18-7-5-17(6-8-18)24(27)28;/h5-10,29-30H,3-4,11-15H2,1-2H3,(H3,27,28)(H,31,32)(H,34,35);1H. The van der Waals surface area contributed by atoms with Crippen LogP contribution in [0.2, 0.25) is 0 Å². The maximum absolute atomic E-state index is 13.7. The molecule has 12 nitrogen and oxygen atoms in total. The SMILES string of the molecule is Cc1c(C(C)(CNS(=O)(=O)CC(=O)O)C(=O)N2CCCC2)ccc2[nH]c(CNc3ccc(C(=N)N)cc3)nc12.Cl. The number of hydrogen-bond acceptors (Lipinski definition) is 7. The van der Waals surface area contributed by atoms with E-state index in [0.29, 0.717) is 42.1 Å². The minimum Gasteiger partial charge on any atom is -0.480 e. The number of aromatic nitrogens is 2. The van der Waals surface area contributed by atoms with Crippen molar-refractivity contribution in [1.82, 2.24) is 19.6 Å². The van der Waals surface area contributed by atoms with E-state index in [1.165, 1.54) is 0 Å². The molecule has 4 rings (SSSR count). The highest BCUT2D eigenvalue weighted by molar-refractivity contribution is 7.90. The van der Waals surface area contributed by atoms with Crippen molar-refractivity contribution in [3.05, 3.63) is 58.9 Å². The van der Waals surface area contributed by atoms with Gasteiger partial charge in [-0.05, 0) is 68.1 Å². The topological polar surface area (TPSA) is 194 Å². The number of nitrogen functional groups attached to an aromatic ring is 1. The monoisotopic (exact) mass is 591 g/mol. The number of aromatic amines is 1. The molecule has 3 aromatic rings. The minimum atomic E-state index is -4.14. The van der Waals surface area contributed by atoms with Crippen LogP contribution in [0.25, 0.3) is 11.0 Å². The Hall–Kier alpha value is -3.68. The van der Waals surface area contributed by atoms with Crippen molar-refractivity contribution in [1.29, 1.82) is 5.41 Å². The number of likely N-dealkylation sites (tertiary alicyclic amines) is 1. The summed E-state index contributed by atoms with van der Waals surface area (Å²) in [6.45, 7) is 4.82. The molecular formula is C26H34ClN7O5S. The predicted octanol–water partition coefficient (Wildman–Crippen LogP) is 2.07. The second-order valence-electron chi connectivity index (χ2n) is 9.97. The molecule has 1 atom stereocenters. The van der Waals surface area contributed by atoms with E-state index in [1.54, 1.807) is 30.0 Å². The highest BCUT2D eigenvalue weighted by Gasteiger charge is 2.41. The number of hydrogen-bond donors (Lipinski definition) is 6. The Kier molecular flexibility index (Phi) is 9.44. The summed E-state index contributed by atoms with van der Waals surface area (Å²) in [4.78, 5) is 34.5. The lowest BCUT2D eigenvalue weighted by Gasteiger charge is -2.34. The Morgan fingerprint density at radius 3 is 2.42 bits per heavy atom. The van der Waals surface area contributed by atoms with Gasteiger partial charge in [0, 0.05) is 30.9 Å². The normalized spacial score (nSPS) is 14.9. The molecule has 1 fully saturated rings. The number of rotatable bonds is 11. The number of carboxylic acids is 1. The number of fused-ring (bicyclic) bond motifs is 1. The summed E-state index contributed by atoms with van der Waals surface area (Å²) in [5, 5.41) is 19.7. The molecule has 0 radical (unpaired) electrons. The van der Waals surface area contributed by atoms with Crippen molar-refractivity contribution in [2.24, 2.45) is 5.73 Å². The zero-order valence-electron chi connectivity index (χ0n) is 22.3. The molecule has 216 valence electrons. The summed E-state index contributed by atoms with van der Waals surface area (Å²) in [6, 6.07) is 10.8. The van der Waals surface area contributed by atoms with Crippen LogP contribution in [0.4, 0.5) is 5.69 Å². The number of benzene rings is 2. The van der Waals surface area contributed by atoms with Crippen LogP contribution in [-0.4, -0.2) is 71.5 Å². The lowest BCUT2D eigenvalue weighted by Crippen LogP contribution is -2.51. The van der Waals surface area contributed by atoms with Crippen molar-refractivity contribution in [2.75, 3.05) is 30.7 Å². The van der Waals surface area contributed by atoms with E-state index < -0.39 is 27.2 Å². The number of nitrogens with two attached hydrogens (primary N) is 1. The first-order chi connectivity index (χ1) is 18.4. The number of nitrogens with one attached hydrogen (secondary N) is 4. The number of carboxylic acid groups (broad SMARTS) is 1. The molecule has 7 N–H and O–H groups in total. The fourth-order valence-electron chi connectivity index (χ4n) is 4.92. The molecule has 1 unspecified atom stereocenters. The van der Waals surface area contributed by atoms with Crippen LogP contribution in [-0.2, 0) is 31.6 Å². The van der Waals surface area contributed by atoms with Crippen molar-refractivity contribution < 1.29 is 23.1 Å². The molecule has 40 heavy (non-hydrogen) atoms. The van der Waals surface area contributed by atoms with E-state index in [4.69, 9.17) is 21.2 Å². The van der Waals surface area contributed by atoms with Gasteiger partial charge in [0.05, 0.1) is 23.0 Å². The van der Waals surface area contributed by atoms with Gasteiger partial charge in [0.15, 0.2) is 5.75 Å². The molecule has 0 aliphatic carbocycles.